The third kappa shape index (κ3) is 6.14. The van der Waals surface area contributed by atoms with Crippen LogP contribution in [0, 0.1) is 20.8 Å². The lowest BCUT2D eigenvalue weighted by Gasteiger charge is -2.18. The SMILES string of the molecule is Cc1cc(OCC(=O)NNC(=O)C(C)Oc2c(C)cc(Br)cc2C)ccc1Cl. The van der Waals surface area contributed by atoms with E-state index in [1.54, 1.807) is 25.1 Å². The number of nitrogens with one attached hydrogen (secondary N) is 2. The highest BCUT2D eigenvalue weighted by atomic mass is 79.9. The molecule has 0 bridgehead atoms. The molecular weight excluding hydrogens is 448 g/mol. The second kappa shape index (κ2) is 9.80. The van der Waals surface area contributed by atoms with E-state index < -0.39 is 17.9 Å². The van der Waals surface area contributed by atoms with E-state index in [1.165, 1.54) is 0 Å². The molecular formula is C20H22BrClN2O4. The molecule has 0 aromatic heterocycles. The number of rotatable bonds is 6. The normalized spacial score (nSPS) is 11.5. The zero-order valence-electron chi connectivity index (χ0n) is 16.1. The zero-order chi connectivity index (χ0) is 20.8. The van der Waals surface area contributed by atoms with Gasteiger partial charge in [0.15, 0.2) is 12.7 Å². The van der Waals surface area contributed by atoms with Gasteiger partial charge in [0, 0.05) is 9.50 Å². The minimum absolute atomic E-state index is 0.248. The quantitative estimate of drug-likeness (QED) is 0.627. The Kier molecular flexibility index (Phi) is 7.71. The second-order valence-corrected chi connectivity index (χ2v) is 7.69. The standard InChI is InChI=1S/C20H22BrClN2O4/c1-11-9-16(5-6-17(11)22)27-10-18(25)23-24-20(26)14(4)28-19-12(2)7-15(21)8-13(19)3/h5-9,14H,10H2,1-4H3,(H,23,25)(H,24,26). The largest absolute Gasteiger partial charge is 0.484 e. The van der Waals surface area contributed by atoms with Crippen LogP contribution in [0.4, 0.5) is 0 Å². The summed E-state index contributed by atoms with van der Waals surface area (Å²) >= 11 is 9.37. The smallest absolute Gasteiger partial charge is 0.279 e. The number of ether oxygens (including phenoxy) is 2. The molecule has 2 aromatic carbocycles. The van der Waals surface area contributed by atoms with Crippen molar-refractivity contribution in [3.8, 4) is 11.5 Å². The van der Waals surface area contributed by atoms with Crippen LogP contribution < -0.4 is 20.3 Å². The van der Waals surface area contributed by atoms with E-state index in [-0.39, 0.29) is 6.61 Å². The predicted molar refractivity (Wildman–Crippen MR) is 112 cm³/mol. The third-order valence-electron chi connectivity index (χ3n) is 3.91. The molecule has 0 aliphatic carbocycles. The summed E-state index contributed by atoms with van der Waals surface area (Å²) in [5, 5.41) is 0.620. The van der Waals surface area contributed by atoms with Crippen molar-refractivity contribution in [1.82, 2.24) is 10.9 Å². The highest BCUT2D eigenvalue weighted by Crippen LogP contribution is 2.28. The summed E-state index contributed by atoms with van der Waals surface area (Å²) in [5.74, 6) is 0.182. The van der Waals surface area contributed by atoms with E-state index in [0.717, 1.165) is 21.2 Å². The summed E-state index contributed by atoms with van der Waals surface area (Å²) < 4.78 is 12.1. The molecule has 2 aromatic rings. The molecule has 150 valence electrons. The highest BCUT2D eigenvalue weighted by Gasteiger charge is 2.18. The van der Waals surface area contributed by atoms with Gasteiger partial charge in [-0.2, -0.15) is 0 Å². The van der Waals surface area contributed by atoms with Crippen LogP contribution in [0.5, 0.6) is 11.5 Å². The fourth-order valence-corrected chi connectivity index (χ4v) is 3.24. The van der Waals surface area contributed by atoms with Gasteiger partial charge in [0.05, 0.1) is 0 Å². The monoisotopic (exact) mass is 468 g/mol. The van der Waals surface area contributed by atoms with Crippen molar-refractivity contribution in [3.05, 3.63) is 56.5 Å². The lowest BCUT2D eigenvalue weighted by atomic mass is 10.1. The van der Waals surface area contributed by atoms with Gasteiger partial charge in [0.2, 0.25) is 0 Å². The van der Waals surface area contributed by atoms with Crippen LogP contribution >= 0.6 is 27.5 Å². The summed E-state index contributed by atoms with van der Waals surface area (Å²) in [7, 11) is 0. The van der Waals surface area contributed by atoms with Crippen molar-refractivity contribution < 1.29 is 19.1 Å². The number of hydrogen-bond donors (Lipinski definition) is 2. The molecule has 2 amide bonds. The summed E-state index contributed by atoms with van der Waals surface area (Å²) in [6.45, 7) is 6.99. The highest BCUT2D eigenvalue weighted by molar-refractivity contribution is 9.10. The Morgan fingerprint density at radius 1 is 1.07 bits per heavy atom. The number of benzene rings is 2. The Labute approximate surface area is 177 Å². The van der Waals surface area contributed by atoms with E-state index >= 15 is 0 Å². The van der Waals surface area contributed by atoms with Gasteiger partial charge in [0.1, 0.15) is 11.5 Å². The Morgan fingerprint density at radius 3 is 2.32 bits per heavy atom. The minimum Gasteiger partial charge on any atom is -0.484 e. The van der Waals surface area contributed by atoms with Crippen LogP contribution in [0.3, 0.4) is 0 Å². The lowest BCUT2D eigenvalue weighted by molar-refractivity contribution is -0.133. The molecule has 28 heavy (non-hydrogen) atoms. The first kappa shape index (κ1) is 22.0. The maximum Gasteiger partial charge on any atom is 0.279 e. The van der Waals surface area contributed by atoms with Gasteiger partial charge in [-0.15, -0.1) is 0 Å². The van der Waals surface area contributed by atoms with Crippen LogP contribution in [0.2, 0.25) is 5.02 Å². The number of hydrazine groups is 1. The van der Waals surface area contributed by atoms with Gasteiger partial charge in [-0.3, -0.25) is 20.4 Å². The van der Waals surface area contributed by atoms with Crippen LogP contribution in [-0.2, 0) is 9.59 Å². The summed E-state index contributed by atoms with van der Waals surface area (Å²) in [6.07, 6.45) is -0.793. The van der Waals surface area contributed by atoms with E-state index in [9.17, 15) is 9.59 Å². The molecule has 8 heteroatoms. The molecule has 0 heterocycles. The molecule has 2 N–H and O–H groups in total. The summed E-state index contributed by atoms with van der Waals surface area (Å²) in [4.78, 5) is 24.1. The van der Waals surface area contributed by atoms with Crippen molar-refractivity contribution in [3.63, 3.8) is 0 Å². The number of carbonyl (C=O) groups excluding carboxylic acids is 2. The number of amides is 2. The van der Waals surface area contributed by atoms with Crippen molar-refractivity contribution in [2.45, 2.75) is 33.8 Å². The van der Waals surface area contributed by atoms with Crippen molar-refractivity contribution in [2.24, 2.45) is 0 Å². The average Bonchev–Trinajstić information content (AvgIpc) is 2.63. The molecule has 2 rings (SSSR count). The second-order valence-electron chi connectivity index (χ2n) is 6.37. The van der Waals surface area contributed by atoms with Gasteiger partial charge in [-0.25, -0.2) is 0 Å². The first-order valence-electron chi connectivity index (χ1n) is 8.58. The topological polar surface area (TPSA) is 76.7 Å². The van der Waals surface area contributed by atoms with Crippen LogP contribution in [0.1, 0.15) is 23.6 Å². The fraction of sp³-hybridized carbons (Fsp3) is 0.300. The average molecular weight is 470 g/mol. The summed E-state index contributed by atoms with van der Waals surface area (Å²) in [5.41, 5.74) is 7.30. The first-order valence-corrected chi connectivity index (χ1v) is 9.75. The van der Waals surface area contributed by atoms with Crippen molar-refractivity contribution in [2.75, 3.05) is 6.61 Å². The lowest BCUT2D eigenvalue weighted by Crippen LogP contribution is -2.48. The van der Waals surface area contributed by atoms with Crippen LogP contribution in [0.25, 0.3) is 0 Å². The minimum atomic E-state index is -0.793. The van der Waals surface area contributed by atoms with Crippen LogP contribution in [0.15, 0.2) is 34.8 Å². The zero-order valence-corrected chi connectivity index (χ0v) is 18.4. The summed E-state index contributed by atoms with van der Waals surface area (Å²) in [6, 6.07) is 8.90. The molecule has 0 radical (unpaired) electrons. The van der Waals surface area contributed by atoms with Crippen molar-refractivity contribution >= 4 is 39.3 Å². The van der Waals surface area contributed by atoms with E-state index in [0.29, 0.717) is 16.5 Å². The number of aryl methyl sites for hydroxylation is 3. The van der Waals surface area contributed by atoms with Gasteiger partial charge in [-0.05, 0) is 74.7 Å². The predicted octanol–water partition coefficient (Wildman–Crippen LogP) is 4.02. The van der Waals surface area contributed by atoms with E-state index in [2.05, 4.69) is 26.8 Å². The van der Waals surface area contributed by atoms with Crippen LogP contribution in [-0.4, -0.2) is 24.5 Å². The van der Waals surface area contributed by atoms with E-state index in [4.69, 9.17) is 21.1 Å². The van der Waals surface area contributed by atoms with Gasteiger partial charge >= 0.3 is 0 Å². The number of carbonyl (C=O) groups is 2. The molecule has 0 aliphatic rings. The molecule has 0 spiro atoms. The molecule has 6 nitrogen and oxygen atoms in total. The van der Waals surface area contributed by atoms with Gasteiger partial charge in [0.25, 0.3) is 11.8 Å². The molecule has 0 fully saturated rings. The molecule has 1 unspecified atom stereocenters. The maximum atomic E-state index is 12.2. The number of halogens is 2. The Morgan fingerprint density at radius 2 is 1.71 bits per heavy atom. The number of hydrogen-bond acceptors (Lipinski definition) is 4. The van der Waals surface area contributed by atoms with Gasteiger partial charge < -0.3 is 9.47 Å². The molecule has 0 saturated heterocycles. The van der Waals surface area contributed by atoms with Gasteiger partial charge in [-0.1, -0.05) is 27.5 Å². The molecule has 0 saturated carbocycles. The van der Waals surface area contributed by atoms with E-state index in [1.807, 2.05) is 32.9 Å². The molecule has 1 atom stereocenters. The Bertz CT molecular complexity index is 865. The molecule has 0 aliphatic heterocycles. The fourth-order valence-electron chi connectivity index (χ4n) is 2.44. The van der Waals surface area contributed by atoms with Crippen molar-refractivity contribution in [1.29, 1.82) is 0 Å². The maximum absolute atomic E-state index is 12.2. The first-order chi connectivity index (χ1) is 13.2. The Hall–Kier alpha value is -2.25. The third-order valence-corrected chi connectivity index (χ3v) is 4.80. The Balaban J connectivity index is 1.82.